The average molecular weight is 382 g/mol. The van der Waals surface area contributed by atoms with Gasteiger partial charge in [0.1, 0.15) is 0 Å². The Morgan fingerprint density at radius 3 is 2.70 bits per heavy atom. The van der Waals surface area contributed by atoms with Gasteiger partial charge in [-0.1, -0.05) is 19.3 Å². The number of aromatic nitrogens is 1. The third-order valence-electron chi connectivity index (χ3n) is 4.08. The molecule has 0 atom stereocenters. The van der Waals surface area contributed by atoms with Crippen LogP contribution in [0.1, 0.15) is 61.6 Å². The van der Waals surface area contributed by atoms with Gasteiger partial charge in [-0.05, 0) is 32.9 Å². The van der Waals surface area contributed by atoms with Crippen LogP contribution in [0.4, 0.5) is 0 Å². The number of nitrogens with zero attached hydrogens (tertiary/aromatic N) is 1. The quantitative estimate of drug-likeness (QED) is 0.675. The number of thiazole rings is 1. The van der Waals surface area contributed by atoms with Crippen LogP contribution < -0.4 is 10.6 Å². The highest BCUT2D eigenvalue weighted by atomic mass is 35.5. The SMILES string of the molecule is CNCCCC(=O)NCCc1nc(C2CCCCC2)cs1.Cl.Cl. The van der Waals surface area contributed by atoms with Crippen molar-refractivity contribution in [2.45, 2.75) is 57.3 Å². The van der Waals surface area contributed by atoms with Crippen LogP contribution in [0.5, 0.6) is 0 Å². The highest BCUT2D eigenvalue weighted by molar-refractivity contribution is 7.09. The van der Waals surface area contributed by atoms with Crippen LogP contribution in [-0.4, -0.2) is 31.0 Å². The lowest BCUT2D eigenvalue weighted by Crippen LogP contribution is -2.26. The van der Waals surface area contributed by atoms with E-state index in [0.29, 0.717) is 18.9 Å². The molecule has 0 aromatic carbocycles. The first-order valence-electron chi connectivity index (χ1n) is 8.15. The second-order valence-corrected chi connectivity index (χ2v) is 6.75. The Balaban J connectivity index is 0.00000242. The van der Waals surface area contributed by atoms with E-state index in [1.165, 1.54) is 37.8 Å². The summed E-state index contributed by atoms with van der Waals surface area (Å²) in [5.74, 6) is 0.828. The smallest absolute Gasteiger partial charge is 0.220 e. The molecular formula is C16H29Cl2N3OS. The molecule has 23 heavy (non-hydrogen) atoms. The first-order chi connectivity index (χ1) is 10.3. The first-order valence-corrected chi connectivity index (χ1v) is 9.03. The largest absolute Gasteiger partial charge is 0.356 e. The highest BCUT2D eigenvalue weighted by Gasteiger charge is 2.18. The summed E-state index contributed by atoms with van der Waals surface area (Å²) in [4.78, 5) is 16.4. The van der Waals surface area contributed by atoms with Crippen molar-refractivity contribution in [1.29, 1.82) is 0 Å². The van der Waals surface area contributed by atoms with E-state index in [2.05, 4.69) is 16.0 Å². The van der Waals surface area contributed by atoms with Crippen LogP contribution in [-0.2, 0) is 11.2 Å². The molecule has 7 heteroatoms. The minimum atomic E-state index is 0. The van der Waals surface area contributed by atoms with Crippen molar-refractivity contribution in [3.05, 3.63) is 16.1 Å². The number of halogens is 2. The predicted molar refractivity (Wildman–Crippen MR) is 102 cm³/mol. The molecule has 1 aromatic heterocycles. The van der Waals surface area contributed by atoms with Crippen molar-refractivity contribution in [2.75, 3.05) is 20.1 Å². The normalized spacial score (nSPS) is 14.7. The lowest BCUT2D eigenvalue weighted by atomic mass is 9.87. The summed E-state index contributed by atoms with van der Waals surface area (Å²) in [6.07, 6.45) is 9.02. The molecule has 0 bridgehead atoms. The molecule has 2 N–H and O–H groups in total. The minimum Gasteiger partial charge on any atom is -0.356 e. The fourth-order valence-corrected chi connectivity index (χ4v) is 3.73. The Kier molecular flexibility index (Phi) is 12.8. The molecular weight excluding hydrogens is 353 g/mol. The number of rotatable bonds is 8. The van der Waals surface area contributed by atoms with Crippen LogP contribution in [0.15, 0.2) is 5.38 Å². The van der Waals surface area contributed by atoms with Crippen molar-refractivity contribution < 1.29 is 4.79 Å². The van der Waals surface area contributed by atoms with Crippen LogP contribution in [0.25, 0.3) is 0 Å². The number of hydrogen-bond donors (Lipinski definition) is 2. The minimum absolute atomic E-state index is 0. The van der Waals surface area contributed by atoms with E-state index in [1.54, 1.807) is 11.3 Å². The molecule has 1 heterocycles. The van der Waals surface area contributed by atoms with Crippen molar-refractivity contribution >= 4 is 42.1 Å². The summed E-state index contributed by atoms with van der Waals surface area (Å²) in [5, 5.41) is 9.41. The van der Waals surface area contributed by atoms with Gasteiger partial charge < -0.3 is 10.6 Å². The van der Waals surface area contributed by atoms with Gasteiger partial charge in [-0.3, -0.25) is 4.79 Å². The fourth-order valence-electron chi connectivity index (χ4n) is 2.85. The fraction of sp³-hybridized carbons (Fsp3) is 0.750. The van der Waals surface area contributed by atoms with Gasteiger partial charge in [0, 0.05) is 30.7 Å². The van der Waals surface area contributed by atoms with E-state index >= 15 is 0 Å². The molecule has 1 saturated carbocycles. The van der Waals surface area contributed by atoms with Gasteiger partial charge in [0.2, 0.25) is 5.91 Å². The van der Waals surface area contributed by atoms with Gasteiger partial charge in [-0.25, -0.2) is 4.98 Å². The Bertz CT molecular complexity index is 437. The lowest BCUT2D eigenvalue weighted by molar-refractivity contribution is -0.121. The Labute approximate surface area is 156 Å². The van der Waals surface area contributed by atoms with E-state index in [4.69, 9.17) is 4.98 Å². The number of carbonyl (C=O) groups is 1. The van der Waals surface area contributed by atoms with Gasteiger partial charge in [0.15, 0.2) is 0 Å². The Hall–Kier alpha value is -0.360. The van der Waals surface area contributed by atoms with E-state index in [9.17, 15) is 4.79 Å². The number of hydrogen-bond acceptors (Lipinski definition) is 4. The number of amides is 1. The molecule has 0 aliphatic heterocycles. The molecule has 0 radical (unpaired) electrons. The molecule has 0 saturated heterocycles. The molecule has 1 fully saturated rings. The zero-order valence-corrected chi connectivity index (χ0v) is 16.3. The average Bonchev–Trinajstić information content (AvgIpc) is 2.97. The molecule has 1 aliphatic carbocycles. The number of carbonyl (C=O) groups excluding carboxylic acids is 1. The third kappa shape index (κ3) is 8.34. The Morgan fingerprint density at radius 2 is 2.00 bits per heavy atom. The van der Waals surface area contributed by atoms with Gasteiger partial charge in [0.25, 0.3) is 0 Å². The maximum atomic E-state index is 11.6. The summed E-state index contributed by atoms with van der Waals surface area (Å²) < 4.78 is 0. The maximum Gasteiger partial charge on any atom is 0.220 e. The van der Waals surface area contributed by atoms with E-state index in [-0.39, 0.29) is 30.7 Å². The molecule has 134 valence electrons. The second-order valence-electron chi connectivity index (χ2n) is 5.81. The van der Waals surface area contributed by atoms with Crippen molar-refractivity contribution in [2.24, 2.45) is 0 Å². The van der Waals surface area contributed by atoms with Gasteiger partial charge >= 0.3 is 0 Å². The summed E-state index contributed by atoms with van der Waals surface area (Å²) >= 11 is 1.74. The molecule has 0 unspecified atom stereocenters. The predicted octanol–water partition coefficient (Wildman–Crippen LogP) is 3.69. The Morgan fingerprint density at radius 1 is 1.26 bits per heavy atom. The molecule has 4 nitrogen and oxygen atoms in total. The van der Waals surface area contributed by atoms with Crippen LogP contribution in [0.2, 0.25) is 0 Å². The van der Waals surface area contributed by atoms with Crippen LogP contribution in [0, 0.1) is 0 Å². The highest BCUT2D eigenvalue weighted by Crippen LogP contribution is 2.32. The van der Waals surface area contributed by atoms with Gasteiger partial charge in [-0.2, -0.15) is 0 Å². The van der Waals surface area contributed by atoms with Crippen molar-refractivity contribution in [1.82, 2.24) is 15.6 Å². The monoisotopic (exact) mass is 381 g/mol. The lowest BCUT2D eigenvalue weighted by Gasteiger charge is -2.19. The molecule has 2 rings (SSSR count). The van der Waals surface area contributed by atoms with Crippen molar-refractivity contribution in [3.63, 3.8) is 0 Å². The molecule has 1 aromatic rings. The van der Waals surface area contributed by atoms with E-state index in [1.807, 2.05) is 7.05 Å². The van der Waals surface area contributed by atoms with Crippen molar-refractivity contribution in [3.8, 4) is 0 Å². The standard InChI is InChI=1S/C16H27N3OS.2ClH/c1-17-10-5-8-15(20)18-11-9-16-19-14(12-21-16)13-6-3-2-4-7-13;;/h12-13,17H,2-11H2,1H3,(H,18,20);2*1H. The van der Waals surface area contributed by atoms with Gasteiger partial charge in [0.05, 0.1) is 10.7 Å². The van der Waals surface area contributed by atoms with Crippen LogP contribution in [0.3, 0.4) is 0 Å². The number of nitrogens with one attached hydrogen (secondary N) is 2. The van der Waals surface area contributed by atoms with Gasteiger partial charge in [-0.15, -0.1) is 36.2 Å². The zero-order chi connectivity index (χ0) is 14.9. The summed E-state index contributed by atoms with van der Waals surface area (Å²) in [6.45, 7) is 1.60. The second kappa shape index (κ2) is 13.0. The summed E-state index contributed by atoms with van der Waals surface area (Å²) in [7, 11) is 1.91. The molecule has 0 spiro atoms. The summed E-state index contributed by atoms with van der Waals surface area (Å²) in [6, 6.07) is 0. The molecule has 1 aliphatic rings. The van der Waals surface area contributed by atoms with Crippen LogP contribution >= 0.6 is 36.2 Å². The van der Waals surface area contributed by atoms with E-state index in [0.717, 1.165) is 24.4 Å². The summed E-state index contributed by atoms with van der Waals surface area (Å²) in [5.41, 5.74) is 1.29. The van der Waals surface area contributed by atoms with E-state index < -0.39 is 0 Å². The maximum absolute atomic E-state index is 11.6. The molecule has 1 amide bonds. The topological polar surface area (TPSA) is 54.0 Å². The first kappa shape index (κ1) is 22.6. The third-order valence-corrected chi connectivity index (χ3v) is 5.01. The zero-order valence-electron chi connectivity index (χ0n) is 13.8.